The third kappa shape index (κ3) is 1300. The summed E-state index contributed by atoms with van der Waals surface area (Å²) < 4.78 is 7.86. The number of hydrogen-bond acceptors (Lipinski definition) is 1. The number of carbonyl (C=O) groups is 1. The first-order valence-corrected chi connectivity index (χ1v) is 1.53. The number of carbonyl (C=O) groups excluding carboxylic acids is 1. The summed E-state index contributed by atoms with van der Waals surface area (Å²) >= 11 is 8.80. The fourth-order valence-corrected chi connectivity index (χ4v) is 0. The van der Waals surface area contributed by atoms with Crippen LogP contribution in [-0.2, 0) is 0 Å². The Balaban J connectivity index is 0. The molecule has 0 aromatic carbocycles. The van der Waals surface area contributed by atoms with Crippen molar-refractivity contribution in [2.75, 3.05) is 0 Å². The molecule has 0 saturated heterocycles. The number of hydrogen-bond donors (Lipinski definition) is 0. The molecule has 0 fully saturated rings. The molecule has 0 aliphatic heterocycles. The van der Waals surface area contributed by atoms with Crippen molar-refractivity contribution in [3.8, 4) is 0 Å². The van der Waals surface area contributed by atoms with E-state index in [1.165, 1.54) is 0 Å². The van der Waals surface area contributed by atoms with Gasteiger partial charge in [0, 0.05) is 0 Å². The summed E-state index contributed by atoms with van der Waals surface area (Å²) in [7, 11) is 4.25. The first-order valence-electron chi connectivity index (χ1n) is 0.771. The van der Waals surface area contributed by atoms with Crippen molar-refractivity contribution in [2.24, 2.45) is 0 Å². The highest BCUT2D eigenvalue weighted by atomic mass is 35.5. The van der Waals surface area contributed by atoms with E-state index in [2.05, 4.69) is 30.4 Å². The van der Waals surface area contributed by atoms with Gasteiger partial charge in [-0.15, -0.1) is 0 Å². The fourth-order valence-electron chi connectivity index (χ4n) is 0. The van der Waals surface area contributed by atoms with E-state index in [9.17, 15) is 0 Å². The van der Waals surface area contributed by atoms with Crippen LogP contribution in [0.5, 0.6) is 0 Å². The minimum Gasteiger partial charge on any atom is -0.262 e. The molecule has 0 aromatic heterocycles. The molecule has 3 radical (unpaired) electrons. The molecule has 0 aliphatic carbocycles. The van der Waals surface area contributed by atoms with Crippen LogP contribution in [0, 0.1) is 7.18 Å². The molecule has 0 rings (SSSR count). The van der Waals surface area contributed by atoms with Gasteiger partial charge in [0.05, 0.1) is 0 Å². The molecular formula is C2Cl2FO. The zero-order chi connectivity index (χ0) is 5.58. The average molecular weight is 130 g/mol. The van der Waals surface area contributed by atoms with Gasteiger partial charge in [-0.25, -0.2) is 4.39 Å². The van der Waals surface area contributed by atoms with Gasteiger partial charge in [0.2, 0.25) is 7.18 Å². The van der Waals surface area contributed by atoms with E-state index >= 15 is 0 Å². The van der Waals surface area contributed by atoms with Crippen molar-refractivity contribution in [2.45, 2.75) is 0 Å². The number of halogens is 3. The lowest BCUT2D eigenvalue weighted by Crippen LogP contribution is -1.46. The monoisotopic (exact) mass is 129 g/mol. The quantitative estimate of drug-likeness (QED) is 0.458. The van der Waals surface area contributed by atoms with Crippen molar-refractivity contribution in [3.05, 3.63) is 7.18 Å². The van der Waals surface area contributed by atoms with Gasteiger partial charge in [0.25, 0.3) is 0 Å². The summed E-state index contributed by atoms with van der Waals surface area (Å²) in [5.74, 6) is 0. The molecule has 0 N–H and O–H groups in total. The van der Waals surface area contributed by atoms with E-state index in [1.807, 2.05) is 0 Å². The summed E-state index contributed by atoms with van der Waals surface area (Å²) in [6.45, 7) is 0. The van der Waals surface area contributed by atoms with Gasteiger partial charge < -0.3 is 0 Å². The maximum absolute atomic E-state index is 8.98. The maximum atomic E-state index is 8.98. The van der Waals surface area contributed by atoms with Crippen LogP contribution in [0.1, 0.15) is 0 Å². The van der Waals surface area contributed by atoms with Crippen molar-refractivity contribution >= 4 is 27.9 Å². The van der Waals surface area contributed by atoms with Gasteiger partial charge in [-0.3, -0.25) is 4.79 Å². The third-order valence-electron chi connectivity index (χ3n) is 0. The van der Waals surface area contributed by atoms with Crippen LogP contribution in [0.15, 0.2) is 0 Å². The molecule has 0 atom stereocenters. The van der Waals surface area contributed by atoms with E-state index in [1.54, 1.807) is 0 Å². The Hall–Kier alpha value is 0.180. The Kier molecular flexibility index (Phi) is 14.2. The second-order valence-corrected chi connectivity index (χ2v) is 1.11. The molecule has 0 unspecified atom stereocenters. The van der Waals surface area contributed by atoms with Crippen molar-refractivity contribution in [1.82, 2.24) is 0 Å². The van der Waals surface area contributed by atoms with Gasteiger partial charge in [-0.05, 0) is 23.2 Å². The normalized spacial score (nSPS) is 5.33. The van der Waals surface area contributed by atoms with Crippen LogP contribution in [0.25, 0.3) is 0 Å². The molecule has 0 heterocycles. The van der Waals surface area contributed by atoms with Gasteiger partial charge in [-0.1, -0.05) is 0 Å². The molecule has 0 bridgehead atoms. The fraction of sp³-hybridized carbons (Fsp3) is 0. The van der Waals surface area contributed by atoms with Gasteiger partial charge in [0.15, 0.2) is 0 Å². The molecule has 6 heavy (non-hydrogen) atoms. The van der Waals surface area contributed by atoms with Crippen LogP contribution in [0.4, 0.5) is 9.18 Å². The van der Waals surface area contributed by atoms with E-state index in [-0.39, 0.29) is 0 Å². The highest BCUT2D eigenvalue weighted by Gasteiger charge is 1.72. The highest BCUT2D eigenvalue weighted by Crippen LogP contribution is 1.84. The summed E-state index contributed by atoms with van der Waals surface area (Å²) in [5.41, 5.74) is 0. The first kappa shape index (κ1) is 9.49. The predicted octanol–water partition coefficient (Wildman–Crippen LogP) is 2.09. The van der Waals surface area contributed by atoms with Gasteiger partial charge >= 0.3 is 4.70 Å². The standard InChI is InChI=1S/CCl2O.CF/c2-1(3)4;1-2. The Morgan fingerprint density at radius 1 is 1.50 bits per heavy atom. The Labute approximate surface area is 45.0 Å². The molecule has 0 aromatic rings. The number of rotatable bonds is 0. The Morgan fingerprint density at radius 2 is 1.50 bits per heavy atom. The largest absolute Gasteiger partial charge is 0.313 e. The molecular weight excluding hydrogens is 130 g/mol. The van der Waals surface area contributed by atoms with Crippen molar-refractivity contribution < 1.29 is 9.18 Å². The zero-order valence-electron chi connectivity index (χ0n) is 2.54. The lowest BCUT2D eigenvalue weighted by molar-refractivity contribution is 0.275. The predicted molar refractivity (Wildman–Crippen MR) is 21.5 cm³/mol. The lowest BCUT2D eigenvalue weighted by atomic mass is 11.8. The topological polar surface area (TPSA) is 17.1 Å². The molecule has 4 heteroatoms. The zero-order valence-corrected chi connectivity index (χ0v) is 4.05. The van der Waals surface area contributed by atoms with E-state index in [0.29, 0.717) is 0 Å². The van der Waals surface area contributed by atoms with Gasteiger partial charge in [-0.2, -0.15) is 0 Å². The van der Waals surface area contributed by atoms with E-state index in [4.69, 9.17) is 9.18 Å². The van der Waals surface area contributed by atoms with Crippen LogP contribution >= 0.6 is 23.2 Å². The first-order chi connectivity index (χ1) is 2.73. The van der Waals surface area contributed by atoms with Crippen LogP contribution in [0.2, 0.25) is 0 Å². The van der Waals surface area contributed by atoms with Crippen LogP contribution in [0.3, 0.4) is 0 Å². The van der Waals surface area contributed by atoms with Gasteiger partial charge in [0.1, 0.15) is 0 Å². The summed E-state index contributed by atoms with van der Waals surface area (Å²) in [4.78, 5) is 8.98. The Morgan fingerprint density at radius 3 is 1.50 bits per heavy atom. The maximum Gasteiger partial charge on any atom is 0.313 e. The molecule has 0 aliphatic rings. The Bertz CT molecular complexity index is 34.5. The third-order valence-corrected chi connectivity index (χ3v) is 0. The molecule has 0 saturated carbocycles. The smallest absolute Gasteiger partial charge is 0.262 e. The minimum atomic E-state index is -0.889. The van der Waals surface area contributed by atoms with Crippen LogP contribution in [-0.4, -0.2) is 4.70 Å². The average Bonchev–Trinajstić information content (AvgIpc) is 1.41. The second kappa shape index (κ2) is 8.95. The molecule has 1 nitrogen and oxygen atoms in total. The van der Waals surface area contributed by atoms with Crippen molar-refractivity contribution in [3.63, 3.8) is 0 Å². The molecule has 35 valence electrons. The molecule has 0 spiro atoms. The summed E-state index contributed by atoms with van der Waals surface area (Å²) in [5, 5.41) is 0. The SMILES string of the molecule is O=C(Cl)Cl.[C]F. The van der Waals surface area contributed by atoms with Crippen LogP contribution < -0.4 is 0 Å². The minimum absolute atomic E-state index is 0.889. The summed E-state index contributed by atoms with van der Waals surface area (Å²) in [6, 6.07) is 0. The summed E-state index contributed by atoms with van der Waals surface area (Å²) in [6.07, 6.45) is 0. The lowest BCUT2D eigenvalue weighted by Gasteiger charge is -1.48. The van der Waals surface area contributed by atoms with E-state index < -0.39 is 4.70 Å². The highest BCUT2D eigenvalue weighted by molar-refractivity contribution is 6.93. The van der Waals surface area contributed by atoms with E-state index in [0.717, 1.165) is 0 Å². The van der Waals surface area contributed by atoms with Crippen molar-refractivity contribution in [1.29, 1.82) is 0 Å². The second-order valence-electron chi connectivity index (χ2n) is 0.226. The molecule has 0 amide bonds.